The molecule has 9 heteroatoms. The first kappa shape index (κ1) is 24.8. The molecule has 0 spiro atoms. The van der Waals surface area contributed by atoms with E-state index in [4.69, 9.17) is 11.6 Å². The summed E-state index contributed by atoms with van der Waals surface area (Å²) >= 11 is 6.09. The highest BCUT2D eigenvalue weighted by molar-refractivity contribution is 6.31. The van der Waals surface area contributed by atoms with Gasteiger partial charge < -0.3 is 14.5 Å². The Labute approximate surface area is 229 Å². The molecule has 3 N–H and O–H groups in total. The minimum absolute atomic E-state index is 0.236. The number of H-pyrrole nitrogens is 1. The maximum absolute atomic E-state index is 13.7. The molecule has 2 unspecified atom stereocenters. The quantitative estimate of drug-likeness (QED) is 0.280. The van der Waals surface area contributed by atoms with Gasteiger partial charge in [0.25, 0.3) is 17.7 Å². The molecule has 3 aromatic carbocycles. The highest BCUT2D eigenvalue weighted by Gasteiger charge is 2.43. The van der Waals surface area contributed by atoms with E-state index in [9.17, 15) is 14.4 Å². The Balaban J connectivity index is 1.29. The highest BCUT2D eigenvalue weighted by Crippen LogP contribution is 2.43. The van der Waals surface area contributed by atoms with Gasteiger partial charge in [-0.1, -0.05) is 48.0 Å². The van der Waals surface area contributed by atoms with E-state index < -0.39 is 23.9 Å². The number of hydrogen-bond donors (Lipinski definition) is 3. The van der Waals surface area contributed by atoms with Gasteiger partial charge in [-0.3, -0.25) is 25.2 Å². The Hall–Kier alpha value is -4.56. The molecule has 196 valence electrons. The Morgan fingerprint density at radius 3 is 2.56 bits per heavy atom. The van der Waals surface area contributed by atoms with Crippen molar-refractivity contribution in [3.8, 4) is 0 Å². The number of aromatic nitrogens is 2. The van der Waals surface area contributed by atoms with Gasteiger partial charge in [0.05, 0.1) is 6.04 Å². The van der Waals surface area contributed by atoms with Crippen molar-refractivity contribution in [2.75, 3.05) is 0 Å². The lowest BCUT2D eigenvalue weighted by Gasteiger charge is -2.31. The van der Waals surface area contributed by atoms with E-state index in [1.807, 2.05) is 55.5 Å². The predicted molar refractivity (Wildman–Crippen MR) is 150 cm³/mol. The first-order chi connectivity index (χ1) is 18.8. The average Bonchev–Trinajstić information content (AvgIpc) is 3.54. The number of hydrogen-bond acceptors (Lipinski definition) is 3. The molecule has 0 fully saturated rings. The molecule has 1 aliphatic rings. The third-order valence-corrected chi connectivity index (χ3v) is 7.78. The molecule has 5 aromatic rings. The monoisotopic (exact) mass is 539 g/mol. The second kappa shape index (κ2) is 9.32. The number of nitrogens with zero attached hydrogens (tertiary/aromatic N) is 2. The number of amides is 3. The average molecular weight is 540 g/mol. The van der Waals surface area contributed by atoms with Crippen LogP contribution < -0.4 is 10.9 Å². The van der Waals surface area contributed by atoms with Crippen LogP contribution in [0.2, 0.25) is 5.02 Å². The lowest BCUT2D eigenvalue weighted by molar-refractivity contribution is -0.126. The number of para-hydroxylation sites is 1. The summed E-state index contributed by atoms with van der Waals surface area (Å²) in [5.74, 6) is -1.22. The predicted octanol–water partition coefficient (Wildman–Crippen LogP) is 5.02. The number of halogens is 1. The van der Waals surface area contributed by atoms with Crippen LogP contribution in [0.15, 0.2) is 72.8 Å². The van der Waals surface area contributed by atoms with Crippen molar-refractivity contribution in [1.82, 2.24) is 25.3 Å². The van der Waals surface area contributed by atoms with Gasteiger partial charge in [0.2, 0.25) is 0 Å². The number of benzene rings is 3. The van der Waals surface area contributed by atoms with E-state index >= 15 is 0 Å². The topological polar surface area (TPSA) is 99.2 Å². The number of aromatic amines is 1. The number of nitrogens with one attached hydrogen (secondary N) is 3. The number of hydrazine groups is 1. The van der Waals surface area contributed by atoms with Crippen LogP contribution in [0.3, 0.4) is 0 Å². The van der Waals surface area contributed by atoms with Gasteiger partial charge in [0, 0.05) is 50.7 Å². The molecule has 0 saturated carbocycles. The highest BCUT2D eigenvalue weighted by atomic mass is 35.5. The molecule has 0 bridgehead atoms. The van der Waals surface area contributed by atoms with Crippen LogP contribution in [0, 0.1) is 6.92 Å². The minimum atomic E-state index is -0.880. The molecule has 3 heterocycles. The molecule has 0 radical (unpaired) electrons. The number of carbonyl (C=O) groups excluding carboxylic acids is 3. The van der Waals surface area contributed by atoms with Crippen LogP contribution in [0.4, 0.5) is 0 Å². The second-order valence-corrected chi connectivity index (χ2v) is 10.3. The Bertz CT molecular complexity index is 1800. The Morgan fingerprint density at radius 1 is 1.00 bits per heavy atom. The summed E-state index contributed by atoms with van der Waals surface area (Å²) in [6.45, 7) is 3.64. The van der Waals surface area contributed by atoms with E-state index in [0.717, 1.165) is 38.6 Å². The summed E-state index contributed by atoms with van der Waals surface area (Å²) in [4.78, 5) is 45.0. The number of carbonyl (C=O) groups is 3. The van der Waals surface area contributed by atoms with Crippen molar-refractivity contribution >= 4 is 51.1 Å². The third-order valence-electron chi connectivity index (χ3n) is 7.55. The maximum atomic E-state index is 13.7. The smallest absolute Gasteiger partial charge is 0.286 e. The first-order valence-electron chi connectivity index (χ1n) is 12.6. The van der Waals surface area contributed by atoms with Crippen molar-refractivity contribution in [2.45, 2.75) is 25.9 Å². The van der Waals surface area contributed by atoms with E-state index in [2.05, 4.69) is 15.8 Å². The summed E-state index contributed by atoms with van der Waals surface area (Å²) in [6.07, 6.45) is 0. The van der Waals surface area contributed by atoms with Gasteiger partial charge in [-0.05, 0) is 55.8 Å². The summed E-state index contributed by atoms with van der Waals surface area (Å²) in [6, 6.07) is 21.1. The van der Waals surface area contributed by atoms with Gasteiger partial charge in [-0.25, -0.2) is 0 Å². The van der Waals surface area contributed by atoms with E-state index in [1.165, 1.54) is 0 Å². The molecule has 0 saturated heterocycles. The summed E-state index contributed by atoms with van der Waals surface area (Å²) in [5, 5.41) is 2.37. The number of rotatable bonds is 4. The number of fused-ring (bicyclic) bond motifs is 3. The van der Waals surface area contributed by atoms with Crippen LogP contribution in [-0.2, 0) is 11.8 Å². The van der Waals surface area contributed by atoms with Crippen LogP contribution in [0.25, 0.3) is 21.8 Å². The SMILES string of the molecule is Cc1[nH]c2ccccc2c1C1c2ccccc2C(=O)N1C(C)C(=O)NNC(=O)c1cc2cc(Cl)ccc2n1C. The van der Waals surface area contributed by atoms with Crippen molar-refractivity contribution in [3.63, 3.8) is 0 Å². The molecular formula is C30H26ClN5O3. The summed E-state index contributed by atoms with van der Waals surface area (Å²) < 4.78 is 1.73. The number of aryl methyl sites for hydroxylation is 2. The minimum Gasteiger partial charge on any atom is -0.358 e. The van der Waals surface area contributed by atoms with Crippen LogP contribution in [-0.4, -0.2) is 38.2 Å². The molecule has 1 aliphatic heterocycles. The molecule has 8 nitrogen and oxygen atoms in total. The molecule has 39 heavy (non-hydrogen) atoms. The normalized spacial score (nSPS) is 15.5. The van der Waals surface area contributed by atoms with Gasteiger partial charge >= 0.3 is 0 Å². The second-order valence-electron chi connectivity index (χ2n) is 9.82. The lowest BCUT2D eigenvalue weighted by Crippen LogP contribution is -2.52. The molecule has 2 atom stereocenters. The fourth-order valence-electron chi connectivity index (χ4n) is 5.63. The Morgan fingerprint density at radius 2 is 1.74 bits per heavy atom. The molecule has 0 aliphatic carbocycles. The van der Waals surface area contributed by atoms with Gasteiger partial charge in [0.15, 0.2) is 0 Å². The molecule has 3 amide bonds. The lowest BCUT2D eigenvalue weighted by atomic mass is 9.95. The van der Waals surface area contributed by atoms with E-state index in [1.54, 1.807) is 47.7 Å². The fourth-order valence-corrected chi connectivity index (χ4v) is 5.81. The zero-order chi connectivity index (χ0) is 27.4. The van der Waals surface area contributed by atoms with Crippen molar-refractivity contribution in [2.24, 2.45) is 7.05 Å². The summed E-state index contributed by atoms with van der Waals surface area (Å²) in [5.41, 5.74) is 10.5. The van der Waals surface area contributed by atoms with Crippen molar-refractivity contribution in [1.29, 1.82) is 0 Å². The largest absolute Gasteiger partial charge is 0.358 e. The standard InChI is InChI=1S/C30H26ClN5O3/c1-16-26(22-10-6-7-11-23(22)32-16)27-20-8-4-5-9-21(20)30(39)36(27)17(2)28(37)33-34-29(38)25-15-18-14-19(31)12-13-24(18)35(25)3/h4-15,17,27,32H,1-3H3,(H,33,37)(H,34,38). The molecule has 6 rings (SSSR count). The Kier molecular flexibility index (Phi) is 5.92. The van der Waals surface area contributed by atoms with E-state index in [0.29, 0.717) is 16.3 Å². The zero-order valence-corrected chi connectivity index (χ0v) is 22.3. The third kappa shape index (κ3) is 3.95. The fraction of sp³-hybridized carbons (Fsp3) is 0.167. The van der Waals surface area contributed by atoms with Crippen LogP contribution in [0.1, 0.15) is 50.6 Å². The summed E-state index contributed by atoms with van der Waals surface area (Å²) in [7, 11) is 1.77. The molecule has 2 aromatic heterocycles. The first-order valence-corrected chi connectivity index (χ1v) is 13.0. The maximum Gasteiger partial charge on any atom is 0.286 e. The van der Waals surface area contributed by atoms with Crippen molar-refractivity contribution < 1.29 is 14.4 Å². The van der Waals surface area contributed by atoms with E-state index in [-0.39, 0.29) is 5.91 Å². The van der Waals surface area contributed by atoms with Gasteiger partial charge in [-0.15, -0.1) is 0 Å². The zero-order valence-electron chi connectivity index (χ0n) is 21.6. The van der Waals surface area contributed by atoms with Gasteiger partial charge in [0.1, 0.15) is 11.7 Å². The van der Waals surface area contributed by atoms with Crippen LogP contribution in [0.5, 0.6) is 0 Å². The van der Waals surface area contributed by atoms with Gasteiger partial charge in [-0.2, -0.15) is 0 Å². The van der Waals surface area contributed by atoms with Crippen molar-refractivity contribution in [3.05, 3.63) is 106 Å². The van der Waals surface area contributed by atoms with Crippen LogP contribution >= 0.6 is 11.6 Å². The molecular weight excluding hydrogens is 514 g/mol.